The van der Waals surface area contributed by atoms with E-state index in [1.54, 1.807) is 20.2 Å². The lowest BCUT2D eigenvalue weighted by Gasteiger charge is -2.05. The monoisotopic (exact) mass is 238 g/mol. The number of ether oxygens (including phenoxy) is 1. The fourth-order valence-corrected chi connectivity index (χ4v) is 2.06. The average molecular weight is 238 g/mol. The highest BCUT2D eigenvalue weighted by Crippen LogP contribution is 2.32. The average Bonchev–Trinajstić information content (AvgIpc) is 2.77. The van der Waals surface area contributed by atoms with E-state index < -0.39 is 0 Å². The minimum absolute atomic E-state index is 0.296. The lowest BCUT2D eigenvalue weighted by molar-refractivity contribution is 0.415. The van der Waals surface area contributed by atoms with Crippen LogP contribution in [-0.2, 0) is 0 Å². The van der Waals surface area contributed by atoms with Crippen molar-refractivity contribution in [2.24, 2.45) is 0 Å². The lowest BCUT2D eigenvalue weighted by atomic mass is 10.1. The van der Waals surface area contributed by atoms with E-state index in [9.17, 15) is 4.39 Å². The topological polar surface area (TPSA) is 34.2 Å². The van der Waals surface area contributed by atoms with Crippen LogP contribution in [0.3, 0.4) is 0 Å². The number of thiazole rings is 1. The summed E-state index contributed by atoms with van der Waals surface area (Å²) in [7, 11) is 3.35. The standard InChI is InChI=1S/C11H11FN2OS/c1-13-11-14-9(6-16-11)8-5-7(12)3-4-10(8)15-2/h3-6H,1-2H3,(H,13,14). The SMILES string of the molecule is CNc1nc(-c2cc(F)ccc2OC)cs1. The van der Waals surface area contributed by atoms with Gasteiger partial charge in [0.1, 0.15) is 11.6 Å². The smallest absolute Gasteiger partial charge is 0.182 e. The van der Waals surface area contributed by atoms with Gasteiger partial charge in [-0.05, 0) is 18.2 Å². The molecule has 0 aliphatic carbocycles. The van der Waals surface area contributed by atoms with Gasteiger partial charge >= 0.3 is 0 Å². The molecule has 3 nitrogen and oxygen atoms in total. The second-order valence-corrected chi connectivity index (χ2v) is 3.99. The van der Waals surface area contributed by atoms with E-state index in [2.05, 4.69) is 10.3 Å². The third-order valence-electron chi connectivity index (χ3n) is 2.16. The summed E-state index contributed by atoms with van der Waals surface area (Å²) in [4.78, 5) is 4.31. The van der Waals surface area contributed by atoms with Crippen LogP contribution in [0.5, 0.6) is 5.75 Å². The molecule has 16 heavy (non-hydrogen) atoms. The quantitative estimate of drug-likeness (QED) is 0.892. The van der Waals surface area contributed by atoms with Gasteiger partial charge in [0.15, 0.2) is 5.13 Å². The summed E-state index contributed by atoms with van der Waals surface area (Å²) in [6, 6.07) is 4.39. The maximum atomic E-state index is 13.2. The van der Waals surface area contributed by atoms with E-state index in [4.69, 9.17) is 4.74 Å². The Bertz CT molecular complexity index is 498. The van der Waals surface area contributed by atoms with Gasteiger partial charge in [0.2, 0.25) is 0 Å². The number of halogens is 1. The summed E-state index contributed by atoms with van der Waals surface area (Å²) < 4.78 is 18.3. The molecule has 0 unspecified atom stereocenters. The summed E-state index contributed by atoms with van der Waals surface area (Å²) in [6.07, 6.45) is 0. The number of hydrogen-bond acceptors (Lipinski definition) is 4. The van der Waals surface area contributed by atoms with Crippen molar-refractivity contribution in [3.63, 3.8) is 0 Å². The summed E-state index contributed by atoms with van der Waals surface area (Å²) >= 11 is 1.47. The second-order valence-electron chi connectivity index (χ2n) is 3.13. The Kier molecular flexibility index (Phi) is 3.05. The minimum Gasteiger partial charge on any atom is -0.496 e. The van der Waals surface area contributed by atoms with Gasteiger partial charge in [-0.15, -0.1) is 11.3 Å². The number of nitrogens with one attached hydrogen (secondary N) is 1. The first-order valence-corrected chi connectivity index (χ1v) is 5.59. The first-order chi connectivity index (χ1) is 7.74. The lowest BCUT2D eigenvalue weighted by Crippen LogP contribution is -1.90. The predicted octanol–water partition coefficient (Wildman–Crippen LogP) is 3.00. The molecule has 0 atom stereocenters. The predicted molar refractivity (Wildman–Crippen MR) is 63.6 cm³/mol. The zero-order chi connectivity index (χ0) is 11.5. The van der Waals surface area contributed by atoms with Gasteiger partial charge in [-0.2, -0.15) is 0 Å². The Hall–Kier alpha value is -1.62. The number of hydrogen-bond donors (Lipinski definition) is 1. The van der Waals surface area contributed by atoms with Crippen LogP contribution in [0.15, 0.2) is 23.6 Å². The summed E-state index contributed by atoms with van der Waals surface area (Å²) in [5, 5.41) is 5.60. The van der Waals surface area contributed by atoms with Crippen LogP contribution in [0, 0.1) is 5.82 Å². The highest BCUT2D eigenvalue weighted by Gasteiger charge is 2.10. The van der Waals surface area contributed by atoms with E-state index in [0.717, 1.165) is 5.13 Å². The number of rotatable bonds is 3. The first-order valence-electron chi connectivity index (χ1n) is 4.72. The molecule has 2 rings (SSSR count). The molecule has 5 heteroatoms. The normalized spacial score (nSPS) is 10.2. The summed E-state index contributed by atoms with van der Waals surface area (Å²) in [6.45, 7) is 0. The number of benzene rings is 1. The van der Waals surface area contributed by atoms with E-state index in [-0.39, 0.29) is 5.82 Å². The molecular formula is C11H11FN2OS. The molecule has 0 amide bonds. The van der Waals surface area contributed by atoms with Gasteiger partial charge in [-0.1, -0.05) is 0 Å². The van der Waals surface area contributed by atoms with Gasteiger partial charge in [-0.25, -0.2) is 9.37 Å². The van der Waals surface area contributed by atoms with Crippen molar-refractivity contribution in [1.29, 1.82) is 0 Å². The maximum Gasteiger partial charge on any atom is 0.182 e. The van der Waals surface area contributed by atoms with E-state index in [1.165, 1.54) is 23.5 Å². The van der Waals surface area contributed by atoms with Crippen molar-refractivity contribution >= 4 is 16.5 Å². The maximum absolute atomic E-state index is 13.2. The number of anilines is 1. The van der Waals surface area contributed by atoms with Gasteiger partial charge in [0.05, 0.1) is 12.8 Å². The molecule has 0 aliphatic rings. The van der Waals surface area contributed by atoms with E-state index in [1.807, 2.05) is 5.38 Å². The molecule has 1 heterocycles. The van der Waals surface area contributed by atoms with Gasteiger partial charge in [-0.3, -0.25) is 0 Å². The van der Waals surface area contributed by atoms with Gasteiger partial charge in [0, 0.05) is 18.0 Å². The molecule has 1 N–H and O–H groups in total. The Morgan fingerprint density at radius 2 is 2.25 bits per heavy atom. The number of nitrogens with zero attached hydrogens (tertiary/aromatic N) is 1. The number of aromatic nitrogens is 1. The fraction of sp³-hybridized carbons (Fsp3) is 0.182. The van der Waals surface area contributed by atoms with Crippen LogP contribution in [0.25, 0.3) is 11.3 Å². The second kappa shape index (κ2) is 4.49. The molecule has 0 bridgehead atoms. The Morgan fingerprint density at radius 1 is 1.44 bits per heavy atom. The highest BCUT2D eigenvalue weighted by molar-refractivity contribution is 7.14. The largest absolute Gasteiger partial charge is 0.496 e. The molecule has 0 saturated heterocycles. The van der Waals surface area contributed by atoms with E-state index in [0.29, 0.717) is 17.0 Å². The third-order valence-corrected chi connectivity index (χ3v) is 3.02. The van der Waals surface area contributed by atoms with E-state index >= 15 is 0 Å². The fourth-order valence-electron chi connectivity index (χ4n) is 1.39. The van der Waals surface area contributed by atoms with Crippen LogP contribution < -0.4 is 10.1 Å². The Balaban J connectivity index is 2.49. The first kappa shape index (κ1) is 10.9. The van der Waals surface area contributed by atoms with Crippen LogP contribution in [-0.4, -0.2) is 19.1 Å². The molecule has 0 saturated carbocycles. The van der Waals surface area contributed by atoms with Crippen molar-refractivity contribution in [2.75, 3.05) is 19.5 Å². The van der Waals surface area contributed by atoms with Crippen LogP contribution in [0.1, 0.15) is 0 Å². The Morgan fingerprint density at radius 3 is 2.88 bits per heavy atom. The zero-order valence-electron chi connectivity index (χ0n) is 8.95. The molecule has 1 aromatic carbocycles. The molecular weight excluding hydrogens is 227 g/mol. The molecule has 2 aromatic rings. The molecule has 0 spiro atoms. The zero-order valence-corrected chi connectivity index (χ0v) is 9.77. The van der Waals surface area contributed by atoms with Crippen molar-refractivity contribution in [3.05, 3.63) is 29.4 Å². The Labute approximate surface area is 96.9 Å². The summed E-state index contributed by atoms with van der Waals surface area (Å²) in [5.74, 6) is 0.323. The third kappa shape index (κ3) is 1.99. The molecule has 0 fully saturated rings. The number of methoxy groups -OCH3 is 1. The minimum atomic E-state index is -0.296. The van der Waals surface area contributed by atoms with Gasteiger partial charge in [0.25, 0.3) is 0 Å². The van der Waals surface area contributed by atoms with Crippen molar-refractivity contribution in [1.82, 2.24) is 4.98 Å². The molecule has 84 valence electrons. The van der Waals surface area contributed by atoms with Crippen molar-refractivity contribution in [3.8, 4) is 17.0 Å². The van der Waals surface area contributed by atoms with Crippen LogP contribution in [0.4, 0.5) is 9.52 Å². The van der Waals surface area contributed by atoms with Crippen LogP contribution >= 0.6 is 11.3 Å². The molecule has 0 radical (unpaired) electrons. The molecule has 1 aromatic heterocycles. The molecule has 0 aliphatic heterocycles. The van der Waals surface area contributed by atoms with Crippen molar-refractivity contribution < 1.29 is 9.13 Å². The summed E-state index contributed by atoms with van der Waals surface area (Å²) in [5.41, 5.74) is 1.38. The highest BCUT2D eigenvalue weighted by atomic mass is 32.1. The van der Waals surface area contributed by atoms with Crippen molar-refractivity contribution in [2.45, 2.75) is 0 Å². The van der Waals surface area contributed by atoms with Gasteiger partial charge < -0.3 is 10.1 Å². The van der Waals surface area contributed by atoms with Crippen LogP contribution in [0.2, 0.25) is 0 Å².